The first-order valence-electron chi connectivity index (χ1n) is 9.99. The molecule has 0 aromatic carbocycles. The Labute approximate surface area is 179 Å². The number of nitrogens with zero attached hydrogens (tertiary/aromatic N) is 3. The summed E-state index contributed by atoms with van der Waals surface area (Å²) >= 11 is 6.40. The van der Waals surface area contributed by atoms with E-state index in [0.717, 1.165) is 23.9 Å². The van der Waals surface area contributed by atoms with E-state index in [9.17, 15) is 9.18 Å². The molecule has 8 heteroatoms. The molecule has 1 amide bonds. The lowest BCUT2D eigenvalue weighted by molar-refractivity contribution is 0.0197. The van der Waals surface area contributed by atoms with E-state index in [-0.39, 0.29) is 12.0 Å². The lowest BCUT2D eigenvalue weighted by Crippen LogP contribution is -2.42. The average molecular weight is 431 g/mol. The second-order valence-corrected chi connectivity index (χ2v) is 8.99. The van der Waals surface area contributed by atoms with Gasteiger partial charge in [0.2, 0.25) is 5.95 Å². The minimum absolute atomic E-state index is 0.118. The van der Waals surface area contributed by atoms with Crippen molar-refractivity contribution >= 4 is 28.7 Å². The fourth-order valence-corrected chi connectivity index (χ4v) is 4.07. The molecule has 1 saturated heterocycles. The number of hydrogen-bond acceptors (Lipinski definition) is 4. The van der Waals surface area contributed by atoms with Crippen molar-refractivity contribution in [3.63, 3.8) is 0 Å². The van der Waals surface area contributed by atoms with Crippen LogP contribution >= 0.6 is 11.6 Å². The topological polar surface area (TPSA) is 71.1 Å². The number of hydrogen-bond donors (Lipinski definition) is 1. The zero-order valence-corrected chi connectivity index (χ0v) is 18.0. The zero-order valence-electron chi connectivity index (χ0n) is 17.2. The summed E-state index contributed by atoms with van der Waals surface area (Å²) in [6.45, 7) is 6.82. The molecule has 1 atom stereocenters. The highest BCUT2D eigenvalue weighted by Crippen LogP contribution is 2.36. The third-order valence-electron chi connectivity index (χ3n) is 5.12. The molecule has 0 radical (unpaired) electrons. The summed E-state index contributed by atoms with van der Waals surface area (Å²) in [7, 11) is 0. The van der Waals surface area contributed by atoms with Crippen LogP contribution in [0, 0.1) is 5.95 Å². The van der Waals surface area contributed by atoms with Crippen molar-refractivity contribution in [3.8, 4) is 11.3 Å². The Morgan fingerprint density at radius 3 is 2.90 bits per heavy atom. The Kier molecular flexibility index (Phi) is 5.40. The van der Waals surface area contributed by atoms with E-state index in [1.54, 1.807) is 23.2 Å². The minimum atomic E-state index is -0.565. The normalized spacial score (nSPS) is 17.4. The van der Waals surface area contributed by atoms with E-state index in [4.69, 9.17) is 16.3 Å². The highest BCUT2D eigenvalue weighted by Gasteiger charge is 2.29. The van der Waals surface area contributed by atoms with Gasteiger partial charge in [-0.25, -0.2) is 14.8 Å². The highest BCUT2D eigenvalue weighted by atomic mass is 35.5. The zero-order chi connectivity index (χ0) is 21.5. The molecule has 1 unspecified atom stereocenters. The van der Waals surface area contributed by atoms with Gasteiger partial charge in [0.15, 0.2) is 0 Å². The number of pyridine rings is 2. The van der Waals surface area contributed by atoms with Crippen LogP contribution < -0.4 is 0 Å². The molecule has 1 N–H and O–H groups in total. The molecule has 0 bridgehead atoms. The Bertz CT molecular complexity index is 1090. The number of carbonyl (C=O) groups excluding carboxylic acids is 1. The van der Waals surface area contributed by atoms with Gasteiger partial charge in [0.25, 0.3) is 0 Å². The summed E-state index contributed by atoms with van der Waals surface area (Å²) < 4.78 is 19.2. The fraction of sp³-hybridized carbons (Fsp3) is 0.409. The first kappa shape index (κ1) is 20.6. The van der Waals surface area contributed by atoms with E-state index in [1.807, 2.05) is 26.8 Å². The van der Waals surface area contributed by atoms with Crippen LogP contribution in [0.4, 0.5) is 9.18 Å². The first-order valence-corrected chi connectivity index (χ1v) is 10.4. The third kappa shape index (κ3) is 4.26. The largest absolute Gasteiger partial charge is 0.444 e. The average Bonchev–Trinajstić information content (AvgIpc) is 3.11. The van der Waals surface area contributed by atoms with Crippen LogP contribution in [0.25, 0.3) is 22.3 Å². The van der Waals surface area contributed by atoms with Crippen LogP contribution in [0.3, 0.4) is 0 Å². The predicted molar refractivity (Wildman–Crippen MR) is 114 cm³/mol. The molecule has 1 aliphatic rings. The molecule has 158 valence electrons. The molecule has 4 heterocycles. The van der Waals surface area contributed by atoms with Gasteiger partial charge >= 0.3 is 6.09 Å². The van der Waals surface area contributed by atoms with Crippen LogP contribution in [-0.4, -0.2) is 44.6 Å². The standard InChI is InChI=1S/C22H24ClFN4O2/c1-22(2,3)30-21(29)28-9-5-6-13(12-28)17-10-14-19(15(23)11-25-20(14)27-17)16-7-4-8-18(24)26-16/h4,7-8,10-11,13H,5-6,9,12H2,1-3H3,(H,25,27). The summed E-state index contributed by atoms with van der Waals surface area (Å²) in [5.41, 5.74) is 2.19. The Morgan fingerprint density at radius 1 is 1.37 bits per heavy atom. The number of piperidine rings is 1. The Balaban J connectivity index is 1.66. The number of amides is 1. The molecule has 0 saturated carbocycles. The molecule has 1 fully saturated rings. The lowest BCUT2D eigenvalue weighted by Gasteiger charge is -2.33. The van der Waals surface area contributed by atoms with Gasteiger partial charge in [-0.1, -0.05) is 17.7 Å². The van der Waals surface area contributed by atoms with Crippen molar-refractivity contribution in [1.82, 2.24) is 19.9 Å². The van der Waals surface area contributed by atoms with E-state index in [0.29, 0.717) is 35.0 Å². The van der Waals surface area contributed by atoms with Gasteiger partial charge in [0.1, 0.15) is 11.2 Å². The number of H-pyrrole nitrogens is 1. The van der Waals surface area contributed by atoms with Crippen LogP contribution in [-0.2, 0) is 4.74 Å². The molecule has 3 aromatic rings. The summed E-state index contributed by atoms with van der Waals surface area (Å²) in [4.78, 5) is 26.0. The minimum Gasteiger partial charge on any atom is -0.444 e. The highest BCUT2D eigenvalue weighted by molar-refractivity contribution is 6.34. The number of aromatic amines is 1. The monoisotopic (exact) mass is 430 g/mol. The number of likely N-dealkylation sites (tertiary alicyclic amines) is 1. The molecular formula is C22H24ClFN4O2. The lowest BCUT2D eigenvalue weighted by atomic mass is 9.94. The quantitative estimate of drug-likeness (QED) is 0.542. The summed E-state index contributed by atoms with van der Waals surface area (Å²) in [6, 6.07) is 6.61. The third-order valence-corrected chi connectivity index (χ3v) is 5.40. The van der Waals surface area contributed by atoms with Gasteiger partial charge in [-0.05, 0) is 51.8 Å². The predicted octanol–water partition coefficient (Wildman–Crippen LogP) is 5.53. The molecule has 6 nitrogen and oxygen atoms in total. The van der Waals surface area contributed by atoms with E-state index in [2.05, 4.69) is 15.0 Å². The Morgan fingerprint density at radius 2 is 2.17 bits per heavy atom. The van der Waals surface area contributed by atoms with Crippen LogP contribution in [0.1, 0.15) is 45.2 Å². The maximum Gasteiger partial charge on any atom is 0.410 e. The molecule has 30 heavy (non-hydrogen) atoms. The fourth-order valence-electron chi connectivity index (χ4n) is 3.82. The molecule has 4 rings (SSSR count). The number of fused-ring (bicyclic) bond motifs is 1. The van der Waals surface area contributed by atoms with Crippen LogP contribution in [0.5, 0.6) is 0 Å². The molecular weight excluding hydrogens is 407 g/mol. The molecule has 1 aliphatic heterocycles. The number of carbonyl (C=O) groups is 1. The number of halogens is 2. The molecule has 3 aromatic heterocycles. The number of ether oxygens (including phenoxy) is 1. The van der Waals surface area contributed by atoms with E-state index >= 15 is 0 Å². The van der Waals surface area contributed by atoms with E-state index in [1.165, 1.54) is 6.07 Å². The first-order chi connectivity index (χ1) is 14.2. The van der Waals surface area contributed by atoms with Crippen LogP contribution in [0.2, 0.25) is 5.02 Å². The summed E-state index contributed by atoms with van der Waals surface area (Å²) in [5, 5.41) is 1.19. The smallest absolute Gasteiger partial charge is 0.410 e. The number of nitrogens with one attached hydrogen (secondary N) is 1. The van der Waals surface area contributed by atoms with Gasteiger partial charge < -0.3 is 14.6 Å². The Hall–Kier alpha value is -2.67. The van der Waals surface area contributed by atoms with Gasteiger partial charge in [0, 0.05) is 41.8 Å². The van der Waals surface area contributed by atoms with Gasteiger partial charge in [0.05, 0.1) is 10.7 Å². The molecule has 0 spiro atoms. The van der Waals surface area contributed by atoms with E-state index < -0.39 is 11.5 Å². The maximum atomic E-state index is 13.7. The summed E-state index contributed by atoms with van der Waals surface area (Å²) in [5.74, 6) is -0.447. The molecule has 0 aliphatic carbocycles. The van der Waals surface area contributed by atoms with Crippen molar-refractivity contribution in [2.75, 3.05) is 13.1 Å². The second-order valence-electron chi connectivity index (χ2n) is 8.58. The SMILES string of the molecule is CC(C)(C)OC(=O)N1CCCC(c2cc3c(-c4cccc(F)n4)c(Cl)cnc3[nH]2)C1. The van der Waals surface area contributed by atoms with Gasteiger partial charge in [-0.15, -0.1) is 0 Å². The van der Waals surface area contributed by atoms with Crippen molar-refractivity contribution in [1.29, 1.82) is 0 Å². The van der Waals surface area contributed by atoms with Crippen molar-refractivity contribution < 1.29 is 13.9 Å². The van der Waals surface area contributed by atoms with Crippen molar-refractivity contribution in [3.05, 3.63) is 47.1 Å². The van der Waals surface area contributed by atoms with Crippen molar-refractivity contribution in [2.45, 2.75) is 45.1 Å². The van der Waals surface area contributed by atoms with Gasteiger partial charge in [-0.3, -0.25) is 0 Å². The van der Waals surface area contributed by atoms with Gasteiger partial charge in [-0.2, -0.15) is 4.39 Å². The number of rotatable bonds is 2. The number of aromatic nitrogens is 3. The van der Waals surface area contributed by atoms with Crippen molar-refractivity contribution in [2.24, 2.45) is 0 Å². The maximum absolute atomic E-state index is 13.7. The van der Waals surface area contributed by atoms with Crippen LogP contribution in [0.15, 0.2) is 30.5 Å². The second kappa shape index (κ2) is 7.87. The summed E-state index contributed by atoms with van der Waals surface area (Å²) in [6.07, 6.45) is 3.06.